The van der Waals surface area contributed by atoms with Gasteiger partial charge < -0.3 is 32.3 Å². The minimum absolute atomic E-state index is 0.186. The number of halogens is 3. The molecule has 4 rings (SSSR count). The first-order valence-electron chi connectivity index (χ1n) is 14.4. The van der Waals surface area contributed by atoms with E-state index in [1.807, 2.05) is 0 Å². The number of anilines is 5. The number of hydrogen-bond acceptors (Lipinski definition) is 8. The molecule has 0 fully saturated rings. The minimum atomic E-state index is -4.60. The summed E-state index contributed by atoms with van der Waals surface area (Å²) in [5, 5.41) is 13.8. The van der Waals surface area contributed by atoms with E-state index in [-0.39, 0.29) is 34.9 Å². The molecule has 12 nitrogen and oxygen atoms in total. The molecule has 48 heavy (non-hydrogen) atoms. The fourth-order valence-corrected chi connectivity index (χ4v) is 4.36. The highest BCUT2D eigenvalue weighted by Gasteiger charge is 2.31. The number of alkyl halides is 3. The van der Waals surface area contributed by atoms with Crippen LogP contribution in [0.2, 0.25) is 0 Å². The Hall–Kier alpha value is -6.09. The van der Waals surface area contributed by atoms with Crippen LogP contribution in [0.4, 0.5) is 41.9 Å². The van der Waals surface area contributed by atoms with Crippen LogP contribution in [0, 0.1) is 6.92 Å². The standard InChI is InChI=1S/C33H31F3N8O4/c1-3-12-38-27(16-28(37)45)31(48)42-22-8-5-9-23(14-22)44-32-39-17-25(18-40-32)43-30(47)26-15-24(11-10-19(26)2)41-29(46)20-6-4-7-21(13-20)33(34,35)36/h3-11,13-15,17-18,27,38H,1,12,16H2,2H3,(H2,37,45)(H,41,46)(H,42,48)(H,43,47)(H,39,40,44). The van der Waals surface area contributed by atoms with Crippen molar-refractivity contribution in [3.63, 3.8) is 0 Å². The molecule has 0 saturated carbocycles. The Labute approximate surface area is 273 Å². The molecule has 0 aliphatic heterocycles. The number of carbonyl (C=O) groups is 4. The number of aromatic nitrogens is 2. The van der Waals surface area contributed by atoms with Gasteiger partial charge in [-0.2, -0.15) is 13.2 Å². The third kappa shape index (κ3) is 9.70. The van der Waals surface area contributed by atoms with Gasteiger partial charge in [0.1, 0.15) is 0 Å². The van der Waals surface area contributed by atoms with Crippen LogP contribution < -0.4 is 32.3 Å². The van der Waals surface area contributed by atoms with Gasteiger partial charge in [-0.05, 0) is 61.0 Å². The summed E-state index contributed by atoms with van der Waals surface area (Å²) >= 11 is 0. The minimum Gasteiger partial charge on any atom is -0.370 e. The van der Waals surface area contributed by atoms with Crippen molar-refractivity contribution in [3.05, 3.63) is 114 Å². The lowest BCUT2D eigenvalue weighted by Gasteiger charge is -2.16. The molecule has 0 saturated heterocycles. The summed E-state index contributed by atoms with van der Waals surface area (Å²) in [7, 11) is 0. The number of primary amides is 1. The van der Waals surface area contributed by atoms with Gasteiger partial charge in [0, 0.05) is 34.7 Å². The van der Waals surface area contributed by atoms with Gasteiger partial charge in [-0.1, -0.05) is 24.3 Å². The van der Waals surface area contributed by atoms with Gasteiger partial charge in [0.25, 0.3) is 11.8 Å². The largest absolute Gasteiger partial charge is 0.416 e. The second-order valence-corrected chi connectivity index (χ2v) is 10.4. The lowest BCUT2D eigenvalue weighted by atomic mass is 10.1. The molecule has 15 heteroatoms. The highest BCUT2D eigenvalue weighted by atomic mass is 19.4. The van der Waals surface area contributed by atoms with Crippen molar-refractivity contribution >= 4 is 52.3 Å². The Kier molecular flexibility index (Phi) is 11.2. The second-order valence-electron chi connectivity index (χ2n) is 10.4. The fraction of sp³-hybridized carbons (Fsp3) is 0.152. The van der Waals surface area contributed by atoms with Crippen molar-refractivity contribution in [3.8, 4) is 0 Å². The third-order valence-corrected chi connectivity index (χ3v) is 6.72. The van der Waals surface area contributed by atoms with Crippen LogP contribution in [0.1, 0.15) is 38.3 Å². The maximum absolute atomic E-state index is 13.1. The van der Waals surface area contributed by atoms with Crippen molar-refractivity contribution < 1.29 is 32.3 Å². The molecule has 0 radical (unpaired) electrons. The quantitative estimate of drug-likeness (QED) is 0.108. The van der Waals surface area contributed by atoms with Gasteiger partial charge in [0.05, 0.1) is 36.1 Å². The summed E-state index contributed by atoms with van der Waals surface area (Å²) in [4.78, 5) is 58.2. The highest BCUT2D eigenvalue weighted by molar-refractivity contribution is 6.08. The molecule has 0 spiro atoms. The monoisotopic (exact) mass is 660 g/mol. The Morgan fingerprint density at radius 2 is 1.52 bits per heavy atom. The second kappa shape index (κ2) is 15.5. The summed E-state index contributed by atoms with van der Waals surface area (Å²) in [6.45, 7) is 5.57. The fourth-order valence-electron chi connectivity index (χ4n) is 4.36. The van der Waals surface area contributed by atoms with E-state index >= 15 is 0 Å². The molecule has 0 bridgehead atoms. The van der Waals surface area contributed by atoms with E-state index in [0.29, 0.717) is 23.5 Å². The summed E-state index contributed by atoms with van der Waals surface area (Å²) in [6.07, 6.45) is -0.505. The number of nitrogens with zero attached hydrogens (tertiary/aromatic N) is 2. The van der Waals surface area contributed by atoms with E-state index in [1.54, 1.807) is 43.3 Å². The zero-order valence-electron chi connectivity index (χ0n) is 25.5. The van der Waals surface area contributed by atoms with Gasteiger partial charge >= 0.3 is 6.18 Å². The molecule has 4 amide bonds. The SMILES string of the molecule is C=CCNC(CC(N)=O)C(=O)Nc1cccc(Nc2ncc(NC(=O)c3cc(NC(=O)c4cccc(C(F)(F)F)c4)ccc3C)cn2)c1. The average Bonchev–Trinajstić information content (AvgIpc) is 3.04. The lowest BCUT2D eigenvalue weighted by molar-refractivity contribution is -0.137. The van der Waals surface area contributed by atoms with Crippen LogP contribution in [0.5, 0.6) is 0 Å². The predicted octanol–water partition coefficient (Wildman–Crippen LogP) is 5.01. The molecule has 1 atom stereocenters. The summed E-state index contributed by atoms with van der Waals surface area (Å²) in [5.74, 6) is -2.21. The zero-order valence-corrected chi connectivity index (χ0v) is 25.5. The number of carbonyl (C=O) groups excluding carboxylic acids is 4. The molecule has 248 valence electrons. The van der Waals surface area contributed by atoms with E-state index < -0.39 is 41.4 Å². The first-order chi connectivity index (χ1) is 22.8. The zero-order chi connectivity index (χ0) is 34.8. The lowest BCUT2D eigenvalue weighted by Crippen LogP contribution is -2.43. The molecule has 0 aliphatic carbocycles. The average molecular weight is 661 g/mol. The summed E-state index contributed by atoms with van der Waals surface area (Å²) < 4.78 is 39.2. The van der Waals surface area contributed by atoms with Gasteiger partial charge in [-0.3, -0.25) is 19.2 Å². The molecule has 7 N–H and O–H groups in total. The van der Waals surface area contributed by atoms with Crippen molar-refractivity contribution in [1.82, 2.24) is 15.3 Å². The molecular weight excluding hydrogens is 629 g/mol. The molecule has 1 heterocycles. The van der Waals surface area contributed by atoms with E-state index in [4.69, 9.17) is 5.73 Å². The van der Waals surface area contributed by atoms with Crippen LogP contribution >= 0.6 is 0 Å². The van der Waals surface area contributed by atoms with Crippen LogP contribution in [0.3, 0.4) is 0 Å². The Bertz CT molecular complexity index is 1830. The Morgan fingerprint density at radius 3 is 2.21 bits per heavy atom. The van der Waals surface area contributed by atoms with E-state index in [0.717, 1.165) is 18.2 Å². The number of nitrogens with two attached hydrogens (primary N) is 1. The number of benzene rings is 3. The molecule has 1 aromatic heterocycles. The normalized spacial score (nSPS) is 11.6. The van der Waals surface area contributed by atoms with Crippen LogP contribution in [0.15, 0.2) is 91.8 Å². The van der Waals surface area contributed by atoms with Crippen molar-refractivity contribution in [2.75, 3.05) is 27.8 Å². The van der Waals surface area contributed by atoms with Crippen LogP contribution in [-0.4, -0.2) is 46.2 Å². The van der Waals surface area contributed by atoms with Crippen LogP contribution in [0.25, 0.3) is 0 Å². The Morgan fingerprint density at radius 1 is 0.854 bits per heavy atom. The molecule has 4 aromatic rings. The summed E-state index contributed by atoms with van der Waals surface area (Å²) in [6, 6.07) is 14.4. The van der Waals surface area contributed by atoms with Gasteiger partial charge in [-0.15, -0.1) is 6.58 Å². The molecule has 0 aliphatic rings. The van der Waals surface area contributed by atoms with E-state index in [9.17, 15) is 32.3 Å². The van der Waals surface area contributed by atoms with Crippen molar-refractivity contribution in [2.45, 2.75) is 25.6 Å². The number of hydrogen-bond donors (Lipinski definition) is 6. The number of amides is 4. The molecule has 3 aromatic carbocycles. The number of nitrogens with one attached hydrogen (secondary N) is 5. The van der Waals surface area contributed by atoms with E-state index in [2.05, 4.69) is 43.1 Å². The van der Waals surface area contributed by atoms with Gasteiger partial charge in [-0.25, -0.2) is 9.97 Å². The molecular formula is C33H31F3N8O4. The smallest absolute Gasteiger partial charge is 0.370 e. The first kappa shape index (κ1) is 34.8. The number of rotatable bonds is 13. The first-order valence-corrected chi connectivity index (χ1v) is 14.4. The third-order valence-electron chi connectivity index (χ3n) is 6.72. The maximum atomic E-state index is 13.1. The summed E-state index contributed by atoms with van der Waals surface area (Å²) in [5.41, 5.74) is 6.34. The van der Waals surface area contributed by atoms with Crippen molar-refractivity contribution in [2.24, 2.45) is 5.73 Å². The van der Waals surface area contributed by atoms with Gasteiger partial charge in [0.2, 0.25) is 17.8 Å². The molecule has 1 unspecified atom stereocenters. The Balaban J connectivity index is 1.38. The topological polar surface area (TPSA) is 180 Å². The van der Waals surface area contributed by atoms with Crippen LogP contribution in [-0.2, 0) is 15.8 Å². The highest BCUT2D eigenvalue weighted by Crippen LogP contribution is 2.30. The maximum Gasteiger partial charge on any atom is 0.416 e. The van der Waals surface area contributed by atoms with Gasteiger partial charge in [0.15, 0.2) is 0 Å². The van der Waals surface area contributed by atoms with Crippen molar-refractivity contribution in [1.29, 1.82) is 0 Å². The predicted molar refractivity (Wildman–Crippen MR) is 175 cm³/mol. The van der Waals surface area contributed by atoms with E-state index in [1.165, 1.54) is 30.6 Å². The number of aryl methyl sites for hydroxylation is 1.